The van der Waals surface area contributed by atoms with E-state index in [0.717, 1.165) is 34.2 Å². The van der Waals surface area contributed by atoms with Crippen LogP contribution in [-0.2, 0) is 11.8 Å². The van der Waals surface area contributed by atoms with Crippen LogP contribution < -0.4 is 9.47 Å². The molecule has 3 aromatic rings. The molecular weight excluding hydrogens is 348 g/mol. The van der Waals surface area contributed by atoms with E-state index in [4.69, 9.17) is 9.47 Å². The van der Waals surface area contributed by atoms with E-state index in [1.54, 1.807) is 7.11 Å². The van der Waals surface area contributed by atoms with Crippen molar-refractivity contribution >= 4 is 10.9 Å². The second-order valence-corrected chi connectivity index (χ2v) is 7.27. The predicted octanol–water partition coefficient (Wildman–Crippen LogP) is 5.36. The Kier molecular flexibility index (Phi) is 5.84. The molecule has 0 N–H and O–H groups in total. The third kappa shape index (κ3) is 4.09. The molecule has 0 saturated heterocycles. The summed E-state index contributed by atoms with van der Waals surface area (Å²) in [6.07, 6.45) is 1.45. The van der Waals surface area contributed by atoms with Gasteiger partial charge in [-0.2, -0.15) is 5.26 Å². The van der Waals surface area contributed by atoms with E-state index < -0.39 is 5.41 Å². The number of hydrogen-bond acceptors (Lipinski definition) is 4. The van der Waals surface area contributed by atoms with E-state index in [9.17, 15) is 5.26 Å². The average molecular weight is 374 g/mol. The average Bonchev–Trinajstić information content (AvgIpc) is 2.73. The van der Waals surface area contributed by atoms with Gasteiger partial charge in [-0.1, -0.05) is 36.8 Å². The highest BCUT2D eigenvalue weighted by atomic mass is 16.5. The monoisotopic (exact) mass is 374 g/mol. The first kappa shape index (κ1) is 19.7. The summed E-state index contributed by atoms with van der Waals surface area (Å²) in [7, 11) is 1.64. The Hall–Kier alpha value is -3.06. The number of nitriles is 1. The van der Waals surface area contributed by atoms with Crippen molar-refractivity contribution in [2.75, 3.05) is 13.7 Å². The number of ether oxygens (including phenoxy) is 2. The lowest BCUT2D eigenvalue weighted by molar-refractivity contribution is 0.285. The van der Waals surface area contributed by atoms with Crippen molar-refractivity contribution in [1.82, 2.24) is 4.98 Å². The maximum Gasteiger partial charge on any atom is 0.216 e. The van der Waals surface area contributed by atoms with Crippen molar-refractivity contribution in [1.29, 1.82) is 5.26 Å². The molecule has 2 aromatic carbocycles. The number of aryl methyl sites for hydroxylation is 2. The third-order valence-corrected chi connectivity index (χ3v) is 5.21. The summed E-state index contributed by atoms with van der Waals surface area (Å²) in [6.45, 7) is 6.55. The van der Waals surface area contributed by atoms with Crippen LogP contribution in [0.4, 0.5) is 0 Å². The molecule has 4 nitrogen and oxygen atoms in total. The Labute approximate surface area is 166 Å². The van der Waals surface area contributed by atoms with Gasteiger partial charge in [-0.25, -0.2) is 4.98 Å². The minimum atomic E-state index is -0.656. The highest BCUT2D eigenvalue weighted by molar-refractivity contribution is 5.81. The van der Waals surface area contributed by atoms with Gasteiger partial charge in [0.05, 0.1) is 30.7 Å². The van der Waals surface area contributed by atoms with Crippen LogP contribution in [0.25, 0.3) is 10.9 Å². The standard InChI is InChI=1S/C24H26N2O2/c1-5-18-14-19-8-9-20(15-22(19)26-23(18)27-4)24(3,16-25)12-13-28-21-10-6-17(2)7-11-21/h6-11,14-15H,5,12-13H2,1-4H3. The molecule has 144 valence electrons. The molecule has 1 unspecified atom stereocenters. The Morgan fingerprint density at radius 2 is 1.86 bits per heavy atom. The Bertz CT molecular complexity index is 1010. The Morgan fingerprint density at radius 3 is 2.50 bits per heavy atom. The maximum absolute atomic E-state index is 9.88. The lowest BCUT2D eigenvalue weighted by Gasteiger charge is -2.23. The van der Waals surface area contributed by atoms with Crippen molar-refractivity contribution in [3.05, 3.63) is 65.2 Å². The largest absolute Gasteiger partial charge is 0.494 e. The predicted molar refractivity (Wildman–Crippen MR) is 112 cm³/mol. The molecule has 0 amide bonds. The van der Waals surface area contributed by atoms with Crippen molar-refractivity contribution < 1.29 is 9.47 Å². The first-order chi connectivity index (χ1) is 13.5. The summed E-state index contributed by atoms with van der Waals surface area (Å²) in [4.78, 5) is 4.65. The van der Waals surface area contributed by atoms with Gasteiger partial charge >= 0.3 is 0 Å². The van der Waals surface area contributed by atoms with E-state index in [1.807, 2.05) is 56.3 Å². The quantitative estimate of drug-likeness (QED) is 0.558. The minimum absolute atomic E-state index is 0.469. The fraction of sp³-hybridized carbons (Fsp3) is 0.333. The lowest BCUT2D eigenvalue weighted by Crippen LogP contribution is -2.22. The summed E-state index contributed by atoms with van der Waals surface area (Å²) >= 11 is 0. The fourth-order valence-corrected chi connectivity index (χ4v) is 3.24. The van der Waals surface area contributed by atoms with Crippen LogP contribution >= 0.6 is 0 Å². The van der Waals surface area contributed by atoms with Gasteiger partial charge < -0.3 is 9.47 Å². The van der Waals surface area contributed by atoms with Crippen LogP contribution in [0.3, 0.4) is 0 Å². The summed E-state index contributed by atoms with van der Waals surface area (Å²) in [5.74, 6) is 1.47. The van der Waals surface area contributed by atoms with Crippen LogP contribution in [0.5, 0.6) is 11.6 Å². The van der Waals surface area contributed by atoms with Crippen molar-refractivity contribution in [3.8, 4) is 17.7 Å². The number of pyridine rings is 1. The topological polar surface area (TPSA) is 55.1 Å². The highest BCUT2D eigenvalue weighted by Gasteiger charge is 2.27. The number of benzene rings is 2. The molecule has 0 aliphatic carbocycles. The number of rotatable bonds is 7. The van der Waals surface area contributed by atoms with E-state index in [2.05, 4.69) is 24.0 Å². The molecule has 3 rings (SSSR count). The molecule has 0 spiro atoms. The number of aromatic nitrogens is 1. The van der Waals surface area contributed by atoms with Crippen molar-refractivity contribution in [2.45, 2.75) is 39.0 Å². The van der Waals surface area contributed by atoms with E-state index in [0.29, 0.717) is 18.9 Å². The van der Waals surface area contributed by atoms with Crippen molar-refractivity contribution in [3.63, 3.8) is 0 Å². The van der Waals surface area contributed by atoms with Crippen LogP contribution in [0.1, 0.15) is 37.0 Å². The normalized spacial score (nSPS) is 13.0. The van der Waals surface area contributed by atoms with Crippen LogP contribution in [0, 0.1) is 18.3 Å². The van der Waals surface area contributed by atoms with Gasteiger partial charge in [-0.3, -0.25) is 0 Å². The van der Waals surface area contributed by atoms with E-state index >= 15 is 0 Å². The van der Waals surface area contributed by atoms with Gasteiger partial charge in [0.25, 0.3) is 0 Å². The summed E-state index contributed by atoms with van der Waals surface area (Å²) in [6, 6.07) is 18.6. The number of hydrogen-bond donors (Lipinski definition) is 0. The Morgan fingerprint density at radius 1 is 1.11 bits per heavy atom. The van der Waals surface area contributed by atoms with Crippen LogP contribution in [0.15, 0.2) is 48.5 Å². The van der Waals surface area contributed by atoms with E-state index in [-0.39, 0.29) is 0 Å². The van der Waals surface area contributed by atoms with Crippen LogP contribution in [-0.4, -0.2) is 18.7 Å². The smallest absolute Gasteiger partial charge is 0.216 e. The first-order valence-electron chi connectivity index (χ1n) is 9.58. The summed E-state index contributed by atoms with van der Waals surface area (Å²) in [5.41, 5.74) is 3.40. The molecule has 0 bridgehead atoms. The highest BCUT2D eigenvalue weighted by Crippen LogP contribution is 2.31. The zero-order valence-electron chi connectivity index (χ0n) is 17.0. The van der Waals surface area contributed by atoms with Crippen molar-refractivity contribution in [2.24, 2.45) is 0 Å². The molecule has 1 heterocycles. The number of fused-ring (bicyclic) bond motifs is 1. The molecule has 4 heteroatoms. The fourth-order valence-electron chi connectivity index (χ4n) is 3.24. The molecule has 0 saturated carbocycles. The van der Waals surface area contributed by atoms with Gasteiger partial charge in [0.1, 0.15) is 5.75 Å². The van der Waals surface area contributed by atoms with Crippen LogP contribution in [0.2, 0.25) is 0 Å². The maximum atomic E-state index is 9.88. The number of methoxy groups -OCH3 is 1. The molecule has 1 aromatic heterocycles. The lowest BCUT2D eigenvalue weighted by atomic mass is 9.81. The molecule has 0 aliphatic heterocycles. The molecule has 1 atom stereocenters. The molecular formula is C24H26N2O2. The zero-order valence-corrected chi connectivity index (χ0v) is 17.0. The molecule has 0 fully saturated rings. The number of nitrogens with zero attached hydrogens (tertiary/aromatic N) is 2. The van der Waals surface area contributed by atoms with Gasteiger partial charge in [-0.05, 0) is 50.1 Å². The molecule has 28 heavy (non-hydrogen) atoms. The summed E-state index contributed by atoms with van der Waals surface area (Å²) in [5, 5.41) is 10.9. The van der Waals surface area contributed by atoms with Gasteiger partial charge in [0, 0.05) is 17.4 Å². The molecule has 0 radical (unpaired) electrons. The SMILES string of the molecule is CCc1cc2ccc(C(C)(C#N)CCOc3ccc(C)cc3)cc2nc1OC. The van der Waals surface area contributed by atoms with Gasteiger partial charge in [0.15, 0.2) is 0 Å². The first-order valence-corrected chi connectivity index (χ1v) is 9.58. The zero-order chi connectivity index (χ0) is 20.1. The third-order valence-electron chi connectivity index (χ3n) is 5.21. The molecule has 0 aliphatic rings. The Balaban J connectivity index is 1.82. The van der Waals surface area contributed by atoms with Gasteiger partial charge in [0.2, 0.25) is 5.88 Å². The van der Waals surface area contributed by atoms with Gasteiger partial charge in [-0.15, -0.1) is 0 Å². The second kappa shape index (κ2) is 8.31. The minimum Gasteiger partial charge on any atom is -0.494 e. The van der Waals surface area contributed by atoms with E-state index in [1.165, 1.54) is 5.56 Å². The second-order valence-electron chi connectivity index (χ2n) is 7.27. The summed E-state index contributed by atoms with van der Waals surface area (Å²) < 4.78 is 11.3.